The third-order valence-electron chi connectivity index (χ3n) is 0.588. The predicted octanol–water partition coefficient (Wildman–Crippen LogP) is 2.07. The topological polar surface area (TPSA) is 71.7 Å². The van der Waals surface area contributed by atoms with E-state index >= 15 is 0 Å². The summed E-state index contributed by atoms with van der Waals surface area (Å²) >= 11 is 0.894. The summed E-state index contributed by atoms with van der Waals surface area (Å²) in [5.74, 6) is 0. The summed E-state index contributed by atoms with van der Waals surface area (Å²) in [4.78, 5) is 0. The van der Waals surface area contributed by atoms with Crippen molar-refractivity contribution in [3.63, 3.8) is 0 Å². The second-order valence-corrected chi connectivity index (χ2v) is 5.21. The molecule has 1 atom stereocenters. The van der Waals surface area contributed by atoms with Crippen LogP contribution in [0.4, 0.5) is 0 Å². The monoisotopic (exact) mass is 170 g/mol. The average molecular weight is 170 g/mol. The third kappa shape index (κ3) is 2.84. The Morgan fingerprint density at radius 2 is 2.33 bits per heavy atom. The molecule has 0 bridgehead atoms. The number of rotatable bonds is 4. The lowest BCUT2D eigenvalue weighted by atomic mass is 11.8. The van der Waals surface area contributed by atoms with Crippen molar-refractivity contribution in [1.82, 2.24) is 0 Å². The molecule has 9 heavy (non-hydrogen) atoms. The first-order chi connectivity index (χ1) is 4.18. The Kier molecular flexibility index (Phi) is 3.84. The van der Waals surface area contributed by atoms with Gasteiger partial charge in [-0.2, -0.15) is 5.53 Å². The lowest BCUT2D eigenvalue weighted by molar-refractivity contribution is 0.238. The van der Waals surface area contributed by atoms with E-state index in [2.05, 4.69) is 14.4 Å². The van der Waals surface area contributed by atoms with Crippen LogP contribution in [0, 0.1) is 5.53 Å². The highest BCUT2D eigenvalue weighted by Crippen LogP contribution is 2.58. The van der Waals surface area contributed by atoms with E-state index in [0.717, 1.165) is 11.4 Å². The minimum Gasteiger partial charge on any atom is -0.294 e. The van der Waals surface area contributed by atoms with Crippen LogP contribution in [0.25, 0.3) is 0 Å². The normalized spacial score (nSPS) is 16.2. The molecule has 0 aliphatic rings. The van der Waals surface area contributed by atoms with Crippen molar-refractivity contribution in [1.29, 1.82) is 5.53 Å². The summed E-state index contributed by atoms with van der Waals surface area (Å²) in [6.07, 6.45) is 1.55. The van der Waals surface area contributed by atoms with Gasteiger partial charge in [0, 0.05) is 12.4 Å². The van der Waals surface area contributed by atoms with Gasteiger partial charge in [0.15, 0.2) is 0 Å². The molecule has 0 aliphatic heterocycles. The van der Waals surface area contributed by atoms with E-state index in [1.807, 2.05) is 0 Å². The minimum atomic E-state index is -3.12. The van der Waals surface area contributed by atoms with E-state index in [4.69, 9.17) is 5.53 Å². The van der Waals surface area contributed by atoms with Crippen LogP contribution >= 0.6 is 18.2 Å². The maximum Gasteiger partial charge on any atom is 0.460 e. The van der Waals surface area contributed by atoms with Crippen molar-refractivity contribution in [2.45, 2.75) is 0 Å². The number of hydrogen-bond donors (Lipinski definition) is 1. The lowest BCUT2D eigenvalue weighted by Gasteiger charge is -2.06. The standard InChI is InChI=1S/C2H7N2O3PS/c1-6-8(5,9-2)7-4-3/h3H,1-2H3. The molecule has 7 heteroatoms. The highest BCUT2D eigenvalue weighted by atomic mass is 32.7. The molecule has 0 radical (unpaired) electrons. The number of hydrogen-bond acceptors (Lipinski definition) is 6. The van der Waals surface area contributed by atoms with E-state index in [9.17, 15) is 4.57 Å². The second-order valence-electron chi connectivity index (χ2n) is 0.985. The second kappa shape index (κ2) is 3.87. The number of nitrogens with one attached hydrogen (secondary N) is 1. The summed E-state index contributed by atoms with van der Waals surface area (Å²) in [5.41, 5.74) is 6.20. The molecule has 0 spiro atoms. The SMILES string of the molecule is COP(=O)(ON=N)SC. The van der Waals surface area contributed by atoms with Crippen LogP contribution in [-0.2, 0) is 13.7 Å². The smallest absolute Gasteiger partial charge is 0.294 e. The molecule has 0 rings (SSSR count). The van der Waals surface area contributed by atoms with Gasteiger partial charge < -0.3 is 0 Å². The molecule has 0 aliphatic carbocycles. The van der Waals surface area contributed by atoms with Gasteiger partial charge in [0.25, 0.3) is 0 Å². The van der Waals surface area contributed by atoms with Gasteiger partial charge in [0.1, 0.15) is 0 Å². The van der Waals surface area contributed by atoms with Gasteiger partial charge in [0.05, 0.1) is 0 Å². The van der Waals surface area contributed by atoms with Gasteiger partial charge in [-0.05, 0) is 17.6 Å². The highest BCUT2D eigenvalue weighted by molar-refractivity contribution is 8.54. The molecular weight excluding hydrogens is 163 g/mol. The molecule has 0 aromatic carbocycles. The van der Waals surface area contributed by atoms with Gasteiger partial charge >= 0.3 is 6.80 Å². The van der Waals surface area contributed by atoms with Gasteiger partial charge in [-0.1, -0.05) is 0 Å². The van der Waals surface area contributed by atoms with Crippen LogP contribution in [0.15, 0.2) is 5.28 Å². The molecule has 1 unspecified atom stereocenters. The van der Waals surface area contributed by atoms with E-state index in [0.29, 0.717) is 0 Å². The first-order valence-corrected chi connectivity index (χ1v) is 5.33. The summed E-state index contributed by atoms with van der Waals surface area (Å²) < 4.78 is 19.4. The fraction of sp³-hybridized carbons (Fsp3) is 1.00. The van der Waals surface area contributed by atoms with Gasteiger partial charge in [-0.3, -0.25) is 9.15 Å². The zero-order valence-corrected chi connectivity index (χ0v) is 6.74. The van der Waals surface area contributed by atoms with E-state index in [-0.39, 0.29) is 0 Å². The molecule has 0 amide bonds. The Morgan fingerprint density at radius 3 is 2.44 bits per heavy atom. The Labute approximate surface area is 56.9 Å². The molecular formula is C2H7N2O3PS. The summed E-state index contributed by atoms with van der Waals surface area (Å²) in [6, 6.07) is 0. The highest BCUT2D eigenvalue weighted by Gasteiger charge is 2.22. The maximum absolute atomic E-state index is 10.9. The molecule has 0 aromatic rings. The van der Waals surface area contributed by atoms with Crippen LogP contribution < -0.4 is 0 Å². The number of nitrogens with zero attached hydrogens (tertiary/aromatic N) is 1. The molecule has 0 fully saturated rings. The Balaban J connectivity index is 3.93. The van der Waals surface area contributed by atoms with Crippen molar-refractivity contribution in [3.05, 3.63) is 0 Å². The van der Waals surface area contributed by atoms with Crippen LogP contribution in [0.5, 0.6) is 0 Å². The minimum absolute atomic E-state index is 0.894. The summed E-state index contributed by atoms with van der Waals surface area (Å²) in [7, 11) is 1.24. The van der Waals surface area contributed by atoms with E-state index in [1.165, 1.54) is 7.11 Å². The lowest BCUT2D eigenvalue weighted by Crippen LogP contribution is -1.79. The molecule has 0 saturated heterocycles. The zero-order chi connectivity index (χ0) is 7.33. The fourth-order valence-electron chi connectivity index (χ4n) is 0.191. The predicted molar refractivity (Wildman–Crippen MR) is 34.4 cm³/mol. The first kappa shape index (κ1) is 8.94. The first-order valence-electron chi connectivity index (χ1n) is 1.95. The van der Waals surface area contributed by atoms with Gasteiger partial charge in [0.2, 0.25) is 0 Å². The van der Waals surface area contributed by atoms with Crippen LogP contribution in [0.1, 0.15) is 0 Å². The van der Waals surface area contributed by atoms with E-state index in [1.54, 1.807) is 6.26 Å². The fourth-order valence-corrected chi connectivity index (χ4v) is 1.32. The third-order valence-corrected chi connectivity index (χ3v) is 3.75. The molecule has 0 heterocycles. The Hall–Kier alpha value is -0.0600. The van der Waals surface area contributed by atoms with Crippen molar-refractivity contribution in [2.24, 2.45) is 5.28 Å². The molecule has 0 aromatic heterocycles. The average Bonchev–Trinajstić information content (AvgIpc) is 1.89. The quantitative estimate of drug-likeness (QED) is 0.398. The van der Waals surface area contributed by atoms with Crippen LogP contribution in [0.2, 0.25) is 0 Å². The Morgan fingerprint density at radius 1 is 1.78 bits per heavy atom. The van der Waals surface area contributed by atoms with Gasteiger partial charge in [-0.25, -0.2) is 4.57 Å². The maximum atomic E-state index is 10.9. The molecule has 5 nitrogen and oxygen atoms in total. The van der Waals surface area contributed by atoms with Crippen LogP contribution in [0.3, 0.4) is 0 Å². The van der Waals surface area contributed by atoms with Gasteiger partial charge in [-0.15, -0.1) is 0 Å². The molecule has 54 valence electrons. The largest absolute Gasteiger partial charge is 0.460 e. The van der Waals surface area contributed by atoms with Crippen LogP contribution in [-0.4, -0.2) is 13.4 Å². The van der Waals surface area contributed by atoms with Crippen molar-refractivity contribution >= 4 is 18.2 Å². The summed E-state index contributed by atoms with van der Waals surface area (Å²) in [6.45, 7) is -3.12. The molecule has 1 N–H and O–H groups in total. The van der Waals surface area contributed by atoms with E-state index < -0.39 is 6.80 Å². The summed E-state index contributed by atoms with van der Waals surface area (Å²) in [5, 5.41) is 2.49. The Bertz CT molecular complexity index is 132. The van der Waals surface area contributed by atoms with Crippen molar-refractivity contribution < 1.29 is 13.7 Å². The van der Waals surface area contributed by atoms with Crippen molar-refractivity contribution in [3.8, 4) is 0 Å². The van der Waals surface area contributed by atoms with Crippen molar-refractivity contribution in [2.75, 3.05) is 13.4 Å². The molecule has 0 saturated carbocycles. The zero-order valence-electron chi connectivity index (χ0n) is 5.03.